The van der Waals surface area contributed by atoms with E-state index in [4.69, 9.17) is 11.3 Å². The number of rotatable bonds is 4. The number of hydrogen-bond donors (Lipinski definition) is 1. The van der Waals surface area contributed by atoms with Gasteiger partial charge in [0.15, 0.2) is 0 Å². The van der Waals surface area contributed by atoms with Gasteiger partial charge in [-0.1, -0.05) is 0 Å². The van der Waals surface area contributed by atoms with Gasteiger partial charge in [-0.3, -0.25) is 4.98 Å². The van der Waals surface area contributed by atoms with E-state index in [2.05, 4.69) is 9.83 Å². The highest BCUT2D eigenvalue weighted by Crippen LogP contribution is 2.50. The first-order valence-corrected chi connectivity index (χ1v) is 8.86. The van der Waals surface area contributed by atoms with Gasteiger partial charge in [0.2, 0.25) is 15.5 Å². The predicted octanol–water partition coefficient (Wildman–Crippen LogP) is 3.65. The van der Waals surface area contributed by atoms with Crippen molar-refractivity contribution in [1.82, 2.24) is 4.98 Å². The third kappa shape index (κ3) is 3.22. The van der Waals surface area contributed by atoms with Crippen LogP contribution < -0.4 is 4.74 Å². The van der Waals surface area contributed by atoms with Gasteiger partial charge in [0.1, 0.15) is 17.6 Å². The van der Waals surface area contributed by atoms with Crippen LogP contribution in [0.2, 0.25) is 0 Å². The number of sulfone groups is 1. The maximum absolute atomic E-state index is 14.0. The lowest BCUT2D eigenvalue weighted by Crippen LogP contribution is -2.23. The highest BCUT2D eigenvalue weighted by molar-refractivity contribution is 7.91. The molecule has 0 saturated carbocycles. The Hall–Kier alpha value is -2.71. The number of aliphatic hydroxyl groups is 1. The fraction of sp³-hybridized carbons (Fsp3) is 0.250. The van der Waals surface area contributed by atoms with E-state index in [1.165, 1.54) is 18.5 Å². The fourth-order valence-corrected chi connectivity index (χ4v) is 3.73. The molecular formula is C16H10F4N2O4S. The zero-order valence-electron chi connectivity index (χ0n) is 13.2. The van der Waals surface area contributed by atoms with Crippen molar-refractivity contribution in [2.45, 2.75) is 29.1 Å². The van der Waals surface area contributed by atoms with Gasteiger partial charge in [0, 0.05) is 23.7 Å². The van der Waals surface area contributed by atoms with E-state index >= 15 is 0 Å². The number of fused-ring (bicyclic) bond motifs is 1. The topological polar surface area (TPSA) is 80.8 Å². The van der Waals surface area contributed by atoms with E-state index in [9.17, 15) is 31.1 Å². The lowest BCUT2D eigenvalue weighted by Gasteiger charge is -2.16. The summed E-state index contributed by atoms with van der Waals surface area (Å²) in [6.07, 6.45) is -1.25. The molecule has 11 heteroatoms. The predicted molar refractivity (Wildman–Crippen MR) is 83.8 cm³/mol. The lowest BCUT2D eigenvalue weighted by atomic mass is 10.1. The Kier molecular flexibility index (Phi) is 4.57. The van der Waals surface area contributed by atoms with Crippen molar-refractivity contribution in [1.29, 1.82) is 0 Å². The van der Waals surface area contributed by atoms with E-state index in [1.807, 2.05) is 0 Å². The molecule has 0 amide bonds. The molecular weight excluding hydrogens is 392 g/mol. The molecule has 0 unspecified atom stereocenters. The molecule has 142 valence electrons. The van der Waals surface area contributed by atoms with Crippen LogP contribution in [-0.4, -0.2) is 30.2 Å². The van der Waals surface area contributed by atoms with E-state index in [1.54, 1.807) is 0 Å². The number of halogens is 4. The van der Waals surface area contributed by atoms with Crippen LogP contribution in [0.25, 0.3) is 4.85 Å². The zero-order chi connectivity index (χ0) is 20.0. The molecule has 0 aliphatic heterocycles. The Morgan fingerprint density at radius 3 is 2.67 bits per heavy atom. The van der Waals surface area contributed by atoms with Gasteiger partial charge in [-0.2, -0.15) is 8.78 Å². The van der Waals surface area contributed by atoms with Crippen LogP contribution >= 0.6 is 0 Å². The van der Waals surface area contributed by atoms with Crippen LogP contribution in [-0.2, 0) is 16.3 Å². The quantitative estimate of drug-likeness (QED) is 0.624. The number of aliphatic hydroxyl groups excluding tert-OH is 1. The lowest BCUT2D eigenvalue weighted by molar-refractivity contribution is -0.0976. The van der Waals surface area contributed by atoms with Crippen LogP contribution in [0.15, 0.2) is 35.5 Å². The SMILES string of the molecule is [C-]#[N+]c1cncc(Oc2ccc(S(=O)(=O)C(F)F)c3c2CC(F)(F)[C@H]3O)c1. The number of ether oxygens (including phenoxy) is 1. The molecule has 0 bridgehead atoms. The minimum atomic E-state index is -5.22. The first-order chi connectivity index (χ1) is 12.6. The van der Waals surface area contributed by atoms with Gasteiger partial charge < -0.3 is 9.84 Å². The number of nitrogens with zero attached hydrogens (tertiary/aromatic N) is 2. The minimum absolute atomic E-state index is 0.000118. The summed E-state index contributed by atoms with van der Waals surface area (Å²) >= 11 is 0. The summed E-state index contributed by atoms with van der Waals surface area (Å²) in [7, 11) is -5.22. The van der Waals surface area contributed by atoms with Crippen molar-refractivity contribution in [3.63, 3.8) is 0 Å². The summed E-state index contributed by atoms with van der Waals surface area (Å²) in [5, 5.41) is 9.84. The molecule has 1 aromatic carbocycles. The molecule has 0 spiro atoms. The number of alkyl halides is 4. The highest BCUT2D eigenvalue weighted by Gasteiger charge is 2.51. The molecule has 1 aliphatic carbocycles. The minimum Gasteiger partial charge on any atom is -0.457 e. The average Bonchev–Trinajstić information content (AvgIpc) is 2.85. The summed E-state index contributed by atoms with van der Waals surface area (Å²) in [6, 6.07) is 2.90. The maximum Gasteiger partial charge on any atom is 0.341 e. The van der Waals surface area contributed by atoms with Gasteiger partial charge in [0.05, 0.1) is 17.7 Å². The third-order valence-corrected chi connectivity index (χ3v) is 5.39. The van der Waals surface area contributed by atoms with Gasteiger partial charge in [0.25, 0.3) is 5.92 Å². The average molecular weight is 402 g/mol. The fourth-order valence-electron chi connectivity index (χ4n) is 2.74. The number of hydrogen-bond acceptors (Lipinski definition) is 5. The largest absolute Gasteiger partial charge is 0.457 e. The van der Waals surface area contributed by atoms with Crippen LogP contribution in [0.3, 0.4) is 0 Å². The van der Waals surface area contributed by atoms with Gasteiger partial charge in [-0.05, 0) is 18.2 Å². The van der Waals surface area contributed by atoms with Gasteiger partial charge >= 0.3 is 5.76 Å². The smallest absolute Gasteiger partial charge is 0.341 e. The zero-order valence-corrected chi connectivity index (χ0v) is 14.1. The van der Waals surface area contributed by atoms with Gasteiger partial charge in [-0.25, -0.2) is 22.0 Å². The van der Waals surface area contributed by atoms with Crippen molar-refractivity contribution in [3.8, 4) is 11.5 Å². The van der Waals surface area contributed by atoms with Crippen LogP contribution in [0, 0.1) is 6.57 Å². The second-order valence-electron chi connectivity index (χ2n) is 5.69. The van der Waals surface area contributed by atoms with E-state index < -0.39 is 50.1 Å². The molecule has 0 radical (unpaired) electrons. The summed E-state index contributed by atoms with van der Waals surface area (Å²) in [5.74, 6) is -7.85. The second-order valence-corrected chi connectivity index (χ2v) is 7.58. The van der Waals surface area contributed by atoms with Crippen LogP contribution in [0.5, 0.6) is 11.5 Å². The Bertz CT molecular complexity index is 1050. The third-order valence-electron chi connectivity index (χ3n) is 3.96. The summed E-state index contributed by atoms with van der Waals surface area (Å²) in [5.41, 5.74) is -1.11. The molecule has 1 atom stereocenters. The van der Waals surface area contributed by atoms with E-state index in [0.717, 1.165) is 6.07 Å². The summed E-state index contributed by atoms with van der Waals surface area (Å²) in [6.45, 7) is 6.92. The Morgan fingerprint density at radius 2 is 2.04 bits per heavy atom. The molecule has 27 heavy (non-hydrogen) atoms. The molecule has 1 heterocycles. The van der Waals surface area contributed by atoms with Crippen LogP contribution in [0.1, 0.15) is 17.2 Å². The molecule has 1 N–H and O–H groups in total. The number of benzene rings is 1. The molecule has 6 nitrogen and oxygen atoms in total. The Labute approximate surface area is 150 Å². The van der Waals surface area contributed by atoms with Crippen molar-refractivity contribution in [3.05, 3.63) is 53.1 Å². The Morgan fingerprint density at radius 1 is 1.33 bits per heavy atom. The molecule has 1 aromatic heterocycles. The summed E-state index contributed by atoms with van der Waals surface area (Å²) in [4.78, 5) is 5.80. The maximum atomic E-state index is 14.0. The molecule has 0 fully saturated rings. The highest BCUT2D eigenvalue weighted by atomic mass is 32.2. The van der Waals surface area contributed by atoms with Crippen molar-refractivity contribution >= 4 is 15.5 Å². The standard InChI is InChI=1S/C16H10F4N2O4S/c1-21-8-4-9(7-22-6-8)26-11-2-3-12(27(24,25)15(17)18)13-10(11)5-16(19,20)14(13)23/h2-4,6-7,14-15,23H,5H2/t14-/m0/s1. The molecule has 3 rings (SSSR count). The van der Waals surface area contributed by atoms with Crippen molar-refractivity contribution in [2.24, 2.45) is 0 Å². The van der Waals surface area contributed by atoms with Crippen LogP contribution in [0.4, 0.5) is 23.2 Å². The normalized spacial score (nSPS) is 18.2. The monoisotopic (exact) mass is 402 g/mol. The van der Waals surface area contributed by atoms with Crippen molar-refractivity contribution in [2.75, 3.05) is 0 Å². The molecule has 2 aromatic rings. The summed E-state index contributed by atoms with van der Waals surface area (Å²) < 4.78 is 82.8. The number of pyridine rings is 1. The number of aromatic nitrogens is 1. The van der Waals surface area contributed by atoms with Crippen molar-refractivity contribution < 1.29 is 35.8 Å². The second kappa shape index (κ2) is 6.47. The van der Waals surface area contributed by atoms with E-state index in [-0.39, 0.29) is 17.2 Å². The Balaban J connectivity index is 2.15. The molecule has 1 aliphatic rings. The van der Waals surface area contributed by atoms with Gasteiger partial charge in [-0.15, -0.1) is 0 Å². The first-order valence-electron chi connectivity index (χ1n) is 7.32. The van der Waals surface area contributed by atoms with E-state index in [0.29, 0.717) is 6.07 Å². The first kappa shape index (κ1) is 19.1. The molecule has 0 saturated heterocycles.